The molecule has 0 heterocycles. The number of aliphatic carboxylic acids is 1. The fourth-order valence-electron chi connectivity index (χ4n) is 1.37. The van der Waals surface area contributed by atoms with Crippen LogP contribution in [-0.2, 0) is 4.79 Å². The standard InChI is InChI=1S/C14H18O3/c1-14(2,13(15)16)10-6-8-11-7-4-5-9-12(11)17-3/h4-9H,10H2,1-3H3,(H,15,16)/b8-6+. The molecule has 0 saturated carbocycles. The molecule has 0 spiro atoms. The smallest absolute Gasteiger partial charge is 0.309 e. The number of para-hydroxylation sites is 1. The number of carbonyl (C=O) groups is 1. The van der Waals surface area contributed by atoms with E-state index in [0.717, 1.165) is 11.3 Å². The largest absolute Gasteiger partial charge is 0.496 e. The SMILES string of the molecule is COc1ccccc1/C=C/CC(C)(C)C(=O)O. The molecule has 0 unspecified atom stereocenters. The van der Waals surface area contributed by atoms with Crippen molar-refractivity contribution in [1.29, 1.82) is 0 Å². The van der Waals surface area contributed by atoms with Gasteiger partial charge in [0.1, 0.15) is 5.75 Å². The fourth-order valence-corrected chi connectivity index (χ4v) is 1.37. The van der Waals surface area contributed by atoms with Gasteiger partial charge < -0.3 is 9.84 Å². The average molecular weight is 234 g/mol. The minimum atomic E-state index is -0.790. The minimum absolute atomic E-state index is 0.486. The van der Waals surface area contributed by atoms with Gasteiger partial charge in [-0.15, -0.1) is 0 Å². The van der Waals surface area contributed by atoms with E-state index in [2.05, 4.69) is 0 Å². The van der Waals surface area contributed by atoms with Crippen LogP contribution in [-0.4, -0.2) is 18.2 Å². The van der Waals surface area contributed by atoms with E-state index in [0.29, 0.717) is 6.42 Å². The summed E-state index contributed by atoms with van der Waals surface area (Å²) in [6, 6.07) is 7.63. The molecular formula is C14H18O3. The molecule has 0 aliphatic heterocycles. The van der Waals surface area contributed by atoms with Crippen molar-refractivity contribution in [2.75, 3.05) is 7.11 Å². The van der Waals surface area contributed by atoms with Crippen LogP contribution in [0.1, 0.15) is 25.8 Å². The Bertz CT molecular complexity index is 419. The van der Waals surface area contributed by atoms with Crippen LogP contribution in [0.4, 0.5) is 0 Å². The predicted octanol–water partition coefficient (Wildman–Crippen LogP) is 3.21. The van der Waals surface area contributed by atoms with Crippen molar-refractivity contribution in [1.82, 2.24) is 0 Å². The molecule has 17 heavy (non-hydrogen) atoms. The van der Waals surface area contributed by atoms with Gasteiger partial charge in [0.05, 0.1) is 12.5 Å². The van der Waals surface area contributed by atoms with Crippen molar-refractivity contribution < 1.29 is 14.6 Å². The summed E-state index contributed by atoms with van der Waals surface area (Å²) < 4.78 is 5.21. The van der Waals surface area contributed by atoms with Crippen molar-refractivity contribution in [3.63, 3.8) is 0 Å². The maximum Gasteiger partial charge on any atom is 0.309 e. The maximum atomic E-state index is 10.9. The highest BCUT2D eigenvalue weighted by Crippen LogP contribution is 2.23. The van der Waals surface area contributed by atoms with Crippen LogP contribution in [0, 0.1) is 5.41 Å². The lowest BCUT2D eigenvalue weighted by atomic mass is 9.89. The van der Waals surface area contributed by atoms with Crippen LogP contribution in [0.15, 0.2) is 30.3 Å². The van der Waals surface area contributed by atoms with E-state index in [4.69, 9.17) is 9.84 Å². The van der Waals surface area contributed by atoms with Gasteiger partial charge in [0, 0.05) is 5.56 Å². The lowest BCUT2D eigenvalue weighted by molar-refractivity contribution is -0.146. The molecule has 1 aromatic carbocycles. The molecule has 0 aromatic heterocycles. The maximum absolute atomic E-state index is 10.9. The summed E-state index contributed by atoms with van der Waals surface area (Å²) in [5, 5.41) is 8.98. The fraction of sp³-hybridized carbons (Fsp3) is 0.357. The highest BCUT2D eigenvalue weighted by molar-refractivity contribution is 5.74. The van der Waals surface area contributed by atoms with Gasteiger partial charge in [-0.25, -0.2) is 0 Å². The first-order valence-electron chi connectivity index (χ1n) is 5.50. The number of hydrogen-bond acceptors (Lipinski definition) is 2. The van der Waals surface area contributed by atoms with Crippen LogP contribution in [0.25, 0.3) is 6.08 Å². The van der Waals surface area contributed by atoms with E-state index in [1.807, 2.05) is 36.4 Å². The summed E-state index contributed by atoms with van der Waals surface area (Å²) in [7, 11) is 1.62. The minimum Gasteiger partial charge on any atom is -0.496 e. The Kier molecular flexibility index (Phi) is 4.32. The third kappa shape index (κ3) is 3.63. The molecule has 0 bridgehead atoms. The third-order valence-electron chi connectivity index (χ3n) is 2.64. The number of hydrogen-bond donors (Lipinski definition) is 1. The second-order valence-electron chi connectivity index (χ2n) is 4.54. The Morgan fingerprint density at radius 3 is 2.65 bits per heavy atom. The molecule has 0 saturated heterocycles. The monoisotopic (exact) mass is 234 g/mol. The van der Waals surface area contributed by atoms with Crippen molar-refractivity contribution in [2.24, 2.45) is 5.41 Å². The van der Waals surface area contributed by atoms with Gasteiger partial charge in [0.2, 0.25) is 0 Å². The number of allylic oxidation sites excluding steroid dienone is 1. The third-order valence-corrected chi connectivity index (χ3v) is 2.64. The molecular weight excluding hydrogens is 216 g/mol. The normalized spacial score (nSPS) is 11.7. The zero-order valence-electron chi connectivity index (χ0n) is 10.4. The number of benzene rings is 1. The summed E-state index contributed by atoms with van der Waals surface area (Å²) in [4.78, 5) is 10.9. The van der Waals surface area contributed by atoms with Crippen molar-refractivity contribution >= 4 is 12.0 Å². The van der Waals surface area contributed by atoms with Crippen molar-refractivity contribution in [3.8, 4) is 5.75 Å². The molecule has 0 aliphatic carbocycles. The number of carboxylic acid groups (broad SMARTS) is 1. The summed E-state index contributed by atoms with van der Waals surface area (Å²) in [5.41, 5.74) is 0.217. The van der Waals surface area contributed by atoms with Gasteiger partial charge in [-0.3, -0.25) is 4.79 Å². The van der Waals surface area contributed by atoms with E-state index in [9.17, 15) is 4.79 Å². The predicted molar refractivity (Wildman–Crippen MR) is 68.1 cm³/mol. The van der Waals surface area contributed by atoms with Gasteiger partial charge in [0.15, 0.2) is 0 Å². The van der Waals surface area contributed by atoms with Crippen LogP contribution in [0.2, 0.25) is 0 Å². The number of carboxylic acids is 1. The van der Waals surface area contributed by atoms with Crippen molar-refractivity contribution in [3.05, 3.63) is 35.9 Å². The van der Waals surface area contributed by atoms with Crippen LogP contribution < -0.4 is 4.74 Å². The molecule has 1 N–H and O–H groups in total. The molecule has 1 rings (SSSR count). The topological polar surface area (TPSA) is 46.5 Å². The van der Waals surface area contributed by atoms with Gasteiger partial charge in [0.25, 0.3) is 0 Å². The van der Waals surface area contributed by atoms with E-state index < -0.39 is 11.4 Å². The van der Waals surface area contributed by atoms with Gasteiger partial charge in [-0.05, 0) is 26.3 Å². The molecule has 0 radical (unpaired) electrons. The van der Waals surface area contributed by atoms with E-state index in [1.165, 1.54) is 0 Å². The van der Waals surface area contributed by atoms with E-state index in [1.54, 1.807) is 21.0 Å². The molecule has 3 heteroatoms. The first-order valence-corrected chi connectivity index (χ1v) is 5.50. The van der Waals surface area contributed by atoms with E-state index in [-0.39, 0.29) is 0 Å². The Labute approximate surface area is 102 Å². The first kappa shape index (κ1) is 13.3. The zero-order valence-corrected chi connectivity index (χ0v) is 10.4. The Morgan fingerprint density at radius 2 is 2.06 bits per heavy atom. The Balaban J connectivity index is 2.75. The van der Waals surface area contributed by atoms with Gasteiger partial charge in [-0.1, -0.05) is 30.4 Å². The van der Waals surface area contributed by atoms with Crippen LogP contribution in [0.3, 0.4) is 0 Å². The van der Waals surface area contributed by atoms with Crippen LogP contribution in [0.5, 0.6) is 5.75 Å². The highest BCUT2D eigenvalue weighted by Gasteiger charge is 2.25. The van der Waals surface area contributed by atoms with Crippen molar-refractivity contribution in [2.45, 2.75) is 20.3 Å². The molecule has 0 atom stereocenters. The highest BCUT2D eigenvalue weighted by atomic mass is 16.5. The summed E-state index contributed by atoms with van der Waals surface area (Å²) in [5.74, 6) is -0.000872. The molecule has 92 valence electrons. The molecule has 3 nitrogen and oxygen atoms in total. The van der Waals surface area contributed by atoms with Crippen LogP contribution >= 0.6 is 0 Å². The first-order chi connectivity index (χ1) is 7.97. The zero-order chi connectivity index (χ0) is 12.9. The Hall–Kier alpha value is -1.77. The summed E-state index contributed by atoms with van der Waals surface area (Å²) in [6.07, 6.45) is 4.25. The molecule has 1 aromatic rings. The Morgan fingerprint density at radius 1 is 1.41 bits per heavy atom. The number of rotatable bonds is 5. The average Bonchev–Trinajstić information content (AvgIpc) is 2.29. The summed E-state index contributed by atoms with van der Waals surface area (Å²) >= 11 is 0. The number of methoxy groups -OCH3 is 1. The van der Waals surface area contributed by atoms with Gasteiger partial charge >= 0.3 is 5.97 Å². The second-order valence-corrected chi connectivity index (χ2v) is 4.54. The number of ether oxygens (including phenoxy) is 1. The molecule has 0 fully saturated rings. The van der Waals surface area contributed by atoms with E-state index >= 15 is 0 Å². The quantitative estimate of drug-likeness (QED) is 0.851. The summed E-state index contributed by atoms with van der Waals surface area (Å²) in [6.45, 7) is 3.42. The lowest BCUT2D eigenvalue weighted by Crippen LogP contribution is -2.22. The molecule has 0 aliphatic rings. The lowest BCUT2D eigenvalue weighted by Gasteiger charge is -2.16. The van der Waals surface area contributed by atoms with Gasteiger partial charge in [-0.2, -0.15) is 0 Å². The second kappa shape index (κ2) is 5.53. The molecule has 0 amide bonds.